The summed E-state index contributed by atoms with van der Waals surface area (Å²) in [6, 6.07) is 0. The first-order valence-corrected chi connectivity index (χ1v) is 5.33. The minimum Gasteiger partial charge on any atom is -1.00 e. The van der Waals surface area contributed by atoms with Crippen molar-refractivity contribution < 1.29 is 21.6 Å². The molecule has 0 heterocycles. The summed E-state index contributed by atoms with van der Waals surface area (Å²) in [7, 11) is 4.80. The van der Waals surface area contributed by atoms with Crippen LogP contribution in [0.25, 0.3) is 0 Å². The molecule has 0 fully saturated rings. The van der Waals surface area contributed by atoms with E-state index in [1.165, 1.54) is 0 Å². The SMILES string of the molecule is C[O][Sn+]([O]C)[O]C.[Cl-]. The molecular formula is C3H9ClO3Sn. The third kappa shape index (κ3) is 5.11. The van der Waals surface area contributed by atoms with Crippen LogP contribution in [0, 0.1) is 0 Å². The second-order valence-electron chi connectivity index (χ2n) is 0.862. The maximum absolute atomic E-state index is 4.80. The third-order valence-electron chi connectivity index (χ3n) is 0.500. The fourth-order valence-corrected chi connectivity index (χ4v) is 1.68. The van der Waals surface area contributed by atoms with Gasteiger partial charge in [-0.3, -0.25) is 0 Å². The van der Waals surface area contributed by atoms with Gasteiger partial charge in [0, 0.05) is 0 Å². The first-order chi connectivity index (χ1) is 3.35. The van der Waals surface area contributed by atoms with Gasteiger partial charge in [-0.2, -0.15) is 0 Å². The van der Waals surface area contributed by atoms with E-state index < -0.39 is 21.0 Å². The Morgan fingerprint density at radius 2 is 1.12 bits per heavy atom. The van der Waals surface area contributed by atoms with E-state index in [2.05, 4.69) is 0 Å². The second-order valence-corrected chi connectivity index (χ2v) is 5.78. The van der Waals surface area contributed by atoms with Gasteiger partial charge in [-0.05, 0) is 0 Å². The summed E-state index contributed by atoms with van der Waals surface area (Å²) in [6.07, 6.45) is 0. The summed E-state index contributed by atoms with van der Waals surface area (Å²) in [5.41, 5.74) is 0. The average molecular weight is 247 g/mol. The molecule has 0 aliphatic carbocycles. The van der Waals surface area contributed by atoms with E-state index in [0.29, 0.717) is 0 Å². The fraction of sp³-hybridized carbons (Fsp3) is 1.00. The smallest absolute Gasteiger partial charge is 1.00 e. The van der Waals surface area contributed by atoms with Crippen molar-refractivity contribution in [3.05, 3.63) is 0 Å². The van der Waals surface area contributed by atoms with Crippen molar-refractivity contribution in [3.8, 4) is 0 Å². The Morgan fingerprint density at radius 1 is 0.875 bits per heavy atom. The molecule has 0 atom stereocenters. The fourth-order valence-electron chi connectivity index (χ4n) is 0.250. The van der Waals surface area contributed by atoms with E-state index in [1.54, 1.807) is 21.3 Å². The van der Waals surface area contributed by atoms with E-state index >= 15 is 0 Å². The summed E-state index contributed by atoms with van der Waals surface area (Å²) in [5, 5.41) is 0. The van der Waals surface area contributed by atoms with Crippen LogP contribution in [-0.2, 0) is 9.22 Å². The van der Waals surface area contributed by atoms with Gasteiger partial charge in [0.05, 0.1) is 0 Å². The quantitative estimate of drug-likeness (QED) is 0.495. The molecule has 0 radical (unpaired) electrons. The zero-order chi connectivity index (χ0) is 5.70. The van der Waals surface area contributed by atoms with Crippen LogP contribution >= 0.6 is 0 Å². The van der Waals surface area contributed by atoms with E-state index in [1.807, 2.05) is 0 Å². The Kier molecular flexibility index (Phi) is 11.7. The van der Waals surface area contributed by atoms with Gasteiger partial charge >= 0.3 is 51.6 Å². The molecule has 0 aliphatic heterocycles. The molecule has 0 bridgehead atoms. The summed E-state index contributed by atoms with van der Waals surface area (Å²) >= 11 is -2.15. The van der Waals surface area contributed by atoms with Crippen LogP contribution in [-0.4, -0.2) is 42.3 Å². The number of rotatable bonds is 3. The van der Waals surface area contributed by atoms with Crippen LogP contribution in [0.4, 0.5) is 0 Å². The molecule has 0 N–H and O–H groups in total. The van der Waals surface area contributed by atoms with Crippen LogP contribution in [0.2, 0.25) is 0 Å². The zero-order valence-electron chi connectivity index (χ0n) is 5.10. The monoisotopic (exact) mass is 248 g/mol. The van der Waals surface area contributed by atoms with Crippen molar-refractivity contribution in [3.63, 3.8) is 0 Å². The first-order valence-electron chi connectivity index (χ1n) is 1.84. The van der Waals surface area contributed by atoms with Crippen molar-refractivity contribution in [1.29, 1.82) is 0 Å². The Balaban J connectivity index is 0. The largest absolute Gasteiger partial charge is 1.00 e. The molecule has 0 aromatic carbocycles. The molecule has 50 valence electrons. The molecule has 0 spiro atoms. The normalized spacial score (nSPS) is 7.88. The van der Waals surface area contributed by atoms with Gasteiger partial charge in [0.2, 0.25) is 0 Å². The minimum absolute atomic E-state index is 0. The Bertz CT molecular complexity index is 36.0. The Morgan fingerprint density at radius 3 is 1.12 bits per heavy atom. The van der Waals surface area contributed by atoms with Crippen molar-refractivity contribution in [1.82, 2.24) is 0 Å². The van der Waals surface area contributed by atoms with Gasteiger partial charge in [-0.1, -0.05) is 0 Å². The number of hydrogen-bond acceptors (Lipinski definition) is 3. The second kappa shape index (κ2) is 7.97. The van der Waals surface area contributed by atoms with Crippen molar-refractivity contribution in [2.45, 2.75) is 0 Å². The van der Waals surface area contributed by atoms with Gasteiger partial charge in [0.15, 0.2) is 0 Å². The third-order valence-corrected chi connectivity index (χ3v) is 3.35. The molecule has 0 aliphatic rings. The van der Waals surface area contributed by atoms with E-state index in [0.717, 1.165) is 0 Å². The maximum Gasteiger partial charge on any atom is -1.00 e. The molecule has 0 aromatic rings. The van der Waals surface area contributed by atoms with Crippen molar-refractivity contribution >= 4 is 21.0 Å². The standard InChI is InChI=1S/3CH3O.ClH.Sn/c3*1-2;;/h3*1H3;1H;/q3*-1;;+4/p-1. The molecule has 0 amide bonds. The Hall–Kier alpha value is 0.969. The van der Waals surface area contributed by atoms with Crippen LogP contribution in [0.5, 0.6) is 0 Å². The van der Waals surface area contributed by atoms with E-state index in [-0.39, 0.29) is 12.4 Å². The topological polar surface area (TPSA) is 27.7 Å². The average Bonchev–Trinajstić information content (AvgIpc) is 1.72. The van der Waals surface area contributed by atoms with Crippen LogP contribution in [0.3, 0.4) is 0 Å². The van der Waals surface area contributed by atoms with Crippen LogP contribution in [0.1, 0.15) is 0 Å². The molecular weight excluding hydrogens is 238 g/mol. The first kappa shape index (κ1) is 11.7. The van der Waals surface area contributed by atoms with Gasteiger partial charge < -0.3 is 12.4 Å². The summed E-state index contributed by atoms with van der Waals surface area (Å²) < 4.78 is 14.4. The molecule has 0 aromatic heterocycles. The van der Waals surface area contributed by atoms with E-state index in [9.17, 15) is 0 Å². The van der Waals surface area contributed by atoms with Gasteiger partial charge in [-0.15, -0.1) is 0 Å². The van der Waals surface area contributed by atoms with Crippen LogP contribution < -0.4 is 12.4 Å². The predicted molar refractivity (Wildman–Crippen MR) is 26.8 cm³/mol. The summed E-state index contributed by atoms with van der Waals surface area (Å²) in [4.78, 5) is 0. The van der Waals surface area contributed by atoms with Gasteiger partial charge in [0.1, 0.15) is 0 Å². The van der Waals surface area contributed by atoms with Gasteiger partial charge in [-0.25, -0.2) is 0 Å². The zero-order valence-corrected chi connectivity index (χ0v) is 8.71. The number of hydrogen-bond donors (Lipinski definition) is 0. The molecule has 0 rings (SSSR count). The molecule has 0 unspecified atom stereocenters. The van der Waals surface area contributed by atoms with Gasteiger partial charge in [0.25, 0.3) is 0 Å². The molecule has 0 saturated heterocycles. The maximum atomic E-state index is 4.80. The molecule has 8 heavy (non-hydrogen) atoms. The number of halogens is 1. The summed E-state index contributed by atoms with van der Waals surface area (Å²) in [6.45, 7) is 0. The Labute approximate surface area is 64.1 Å². The van der Waals surface area contributed by atoms with Crippen LogP contribution in [0.15, 0.2) is 0 Å². The predicted octanol–water partition coefficient (Wildman–Crippen LogP) is -3.09. The van der Waals surface area contributed by atoms with Crippen molar-refractivity contribution in [2.24, 2.45) is 0 Å². The molecule has 3 nitrogen and oxygen atoms in total. The molecule has 5 heteroatoms. The molecule has 0 saturated carbocycles. The van der Waals surface area contributed by atoms with E-state index in [4.69, 9.17) is 9.22 Å². The summed E-state index contributed by atoms with van der Waals surface area (Å²) in [5.74, 6) is 0. The van der Waals surface area contributed by atoms with Crippen molar-refractivity contribution in [2.75, 3.05) is 21.3 Å². The minimum atomic E-state index is -2.15.